The van der Waals surface area contributed by atoms with E-state index in [-0.39, 0.29) is 0 Å². The number of fused-ring (bicyclic) bond motifs is 1. The van der Waals surface area contributed by atoms with Crippen LogP contribution in [0.4, 0.5) is 0 Å². The van der Waals surface area contributed by atoms with Crippen LogP contribution in [-0.4, -0.2) is 12.3 Å². The minimum Gasteiger partial charge on any atom is -0.496 e. The quantitative estimate of drug-likeness (QED) is 0.694. The summed E-state index contributed by atoms with van der Waals surface area (Å²) in [6, 6.07) is 5.81. The third kappa shape index (κ3) is 1.53. The third-order valence-electron chi connectivity index (χ3n) is 2.19. The second-order valence-corrected chi connectivity index (χ2v) is 3.35. The van der Waals surface area contributed by atoms with Crippen LogP contribution in [0, 0.1) is 0 Å². The van der Waals surface area contributed by atoms with Crippen LogP contribution in [0.3, 0.4) is 0 Å². The van der Waals surface area contributed by atoms with Crippen LogP contribution in [0.15, 0.2) is 35.5 Å². The van der Waals surface area contributed by atoms with Crippen LogP contribution in [-0.2, 0) is 6.42 Å². The molecule has 0 unspecified atom stereocenters. The van der Waals surface area contributed by atoms with E-state index in [2.05, 4.69) is 4.99 Å². The number of rotatable bonds is 1. The molecule has 0 atom stereocenters. The second kappa shape index (κ2) is 3.84. The molecule has 1 aromatic carbocycles. The SMILES string of the molecule is COc1cccc2c1CC=CN=C2Cl. The van der Waals surface area contributed by atoms with E-state index in [1.807, 2.05) is 24.3 Å². The molecule has 0 saturated carbocycles. The van der Waals surface area contributed by atoms with Crippen molar-refractivity contribution in [2.45, 2.75) is 6.42 Å². The van der Waals surface area contributed by atoms with Crippen LogP contribution in [0.5, 0.6) is 5.75 Å². The van der Waals surface area contributed by atoms with Gasteiger partial charge in [0.15, 0.2) is 0 Å². The Morgan fingerprint density at radius 3 is 3.07 bits per heavy atom. The van der Waals surface area contributed by atoms with E-state index < -0.39 is 0 Å². The van der Waals surface area contributed by atoms with Crippen molar-refractivity contribution in [1.82, 2.24) is 0 Å². The molecule has 0 fully saturated rings. The van der Waals surface area contributed by atoms with Gasteiger partial charge < -0.3 is 4.74 Å². The molecule has 0 bridgehead atoms. The fourth-order valence-corrected chi connectivity index (χ4v) is 1.75. The lowest BCUT2D eigenvalue weighted by molar-refractivity contribution is 0.410. The molecule has 1 heterocycles. The first kappa shape index (κ1) is 9.28. The summed E-state index contributed by atoms with van der Waals surface area (Å²) >= 11 is 6.02. The number of hydrogen-bond donors (Lipinski definition) is 0. The van der Waals surface area contributed by atoms with Gasteiger partial charge in [0.2, 0.25) is 0 Å². The molecule has 14 heavy (non-hydrogen) atoms. The molecular weight excluding hydrogens is 198 g/mol. The van der Waals surface area contributed by atoms with Crippen LogP contribution in [0.1, 0.15) is 11.1 Å². The van der Waals surface area contributed by atoms with Crippen LogP contribution in [0.2, 0.25) is 0 Å². The van der Waals surface area contributed by atoms with E-state index in [0.717, 1.165) is 23.3 Å². The fraction of sp³-hybridized carbons (Fsp3) is 0.182. The smallest absolute Gasteiger partial charge is 0.136 e. The van der Waals surface area contributed by atoms with Crippen molar-refractivity contribution in [2.24, 2.45) is 4.99 Å². The summed E-state index contributed by atoms with van der Waals surface area (Å²) in [7, 11) is 1.66. The lowest BCUT2D eigenvalue weighted by atomic mass is 10.0. The van der Waals surface area contributed by atoms with Gasteiger partial charge in [0.05, 0.1) is 7.11 Å². The number of halogens is 1. The number of benzene rings is 1. The second-order valence-electron chi connectivity index (χ2n) is 3.00. The van der Waals surface area contributed by atoms with E-state index in [1.54, 1.807) is 13.3 Å². The highest BCUT2D eigenvalue weighted by Crippen LogP contribution is 2.26. The summed E-state index contributed by atoms with van der Waals surface area (Å²) in [5.41, 5.74) is 2.05. The number of ether oxygens (including phenoxy) is 1. The number of aliphatic imine (C=N–C) groups is 1. The maximum atomic E-state index is 6.02. The predicted molar refractivity (Wildman–Crippen MR) is 58.2 cm³/mol. The lowest BCUT2D eigenvalue weighted by Crippen LogP contribution is -1.99. The van der Waals surface area contributed by atoms with E-state index in [9.17, 15) is 0 Å². The number of methoxy groups -OCH3 is 1. The highest BCUT2D eigenvalue weighted by molar-refractivity contribution is 6.69. The Labute approximate surface area is 87.9 Å². The van der Waals surface area contributed by atoms with Gasteiger partial charge in [-0.25, -0.2) is 4.99 Å². The summed E-state index contributed by atoms with van der Waals surface area (Å²) in [6.07, 6.45) is 4.50. The molecular formula is C11H10ClNO. The monoisotopic (exact) mass is 207 g/mol. The first-order valence-electron chi connectivity index (χ1n) is 4.37. The molecule has 0 aliphatic carbocycles. The van der Waals surface area contributed by atoms with Crippen LogP contribution < -0.4 is 4.74 Å². The first-order chi connectivity index (χ1) is 6.83. The highest BCUT2D eigenvalue weighted by Gasteiger charge is 2.12. The maximum absolute atomic E-state index is 6.02. The van der Waals surface area contributed by atoms with Crippen molar-refractivity contribution < 1.29 is 4.74 Å². The number of hydrogen-bond acceptors (Lipinski definition) is 2. The zero-order valence-electron chi connectivity index (χ0n) is 7.83. The van der Waals surface area contributed by atoms with Gasteiger partial charge in [-0.05, 0) is 12.5 Å². The molecule has 1 aliphatic heterocycles. The zero-order valence-corrected chi connectivity index (χ0v) is 8.58. The van der Waals surface area contributed by atoms with Gasteiger partial charge in [0.25, 0.3) is 0 Å². The fourth-order valence-electron chi connectivity index (χ4n) is 1.52. The maximum Gasteiger partial charge on any atom is 0.136 e. The topological polar surface area (TPSA) is 21.6 Å². The molecule has 1 aliphatic rings. The van der Waals surface area contributed by atoms with Crippen molar-refractivity contribution in [2.75, 3.05) is 7.11 Å². The van der Waals surface area contributed by atoms with Crippen molar-refractivity contribution in [3.63, 3.8) is 0 Å². The molecule has 0 radical (unpaired) electrons. The predicted octanol–water partition coefficient (Wildman–Crippen LogP) is 2.75. The Hall–Kier alpha value is -1.28. The molecule has 0 amide bonds. The first-order valence-corrected chi connectivity index (χ1v) is 4.75. The van der Waals surface area contributed by atoms with E-state index in [0.29, 0.717) is 5.17 Å². The van der Waals surface area contributed by atoms with Crippen molar-refractivity contribution >= 4 is 16.8 Å². The van der Waals surface area contributed by atoms with E-state index >= 15 is 0 Å². The number of nitrogens with zero attached hydrogens (tertiary/aromatic N) is 1. The summed E-state index contributed by atoms with van der Waals surface area (Å²) in [4.78, 5) is 4.09. The summed E-state index contributed by atoms with van der Waals surface area (Å²) in [6.45, 7) is 0. The highest BCUT2D eigenvalue weighted by atomic mass is 35.5. The molecule has 0 spiro atoms. The molecule has 1 aromatic rings. The van der Waals surface area contributed by atoms with Crippen molar-refractivity contribution in [3.8, 4) is 5.75 Å². The van der Waals surface area contributed by atoms with Gasteiger partial charge in [-0.2, -0.15) is 0 Å². The third-order valence-corrected chi connectivity index (χ3v) is 2.49. The molecule has 72 valence electrons. The normalized spacial score (nSPS) is 14.3. The Balaban J connectivity index is 2.60. The Morgan fingerprint density at radius 2 is 2.29 bits per heavy atom. The van der Waals surface area contributed by atoms with Gasteiger partial charge in [0.1, 0.15) is 10.9 Å². The molecule has 0 aromatic heterocycles. The molecule has 0 N–H and O–H groups in total. The summed E-state index contributed by atoms with van der Waals surface area (Å²) in [5, 5.41) is 0.521. The van der Waals surface area contributed by atoms with Crippen LogP contribution >= 0.6 is 11.6 Å². The van der Waals surface area contributed by atoms with Gasteiger partial charge in [-0.3, -0.25) is 0 Å². The Kier molecular flexibility index (Phi) is 2.55. The molecule has 2 nitrogen and oxygen atoms in total. The zero-order chi connectivity index (χ0) is 9.97. The Morgan fingerprint density at radius 1 is 1.43 bits per heavy atom. The van der Waals surface area contributed by atoms with Crippen LogP contribution in [0.25, 0.3) is 0 Å². The average molecular weight is 208 g/mol. The van der Waals surface area contributed by atoms with Gasteiger partial charge in [0, 0.05) is 17.3 Å². The van der Waals surface area contributed by atoms with Gasteiger partial charge >= 0.3 is 0 Å². The largest absolute Gasteiger partial charge is 0.496 e. The lowest BCUT2D eigenvalue weighted by Gasteiger charge is -2.09. The standard InChI is InChI=1S/C11H10ClNO/c1-14-10-6-2-4-9-8(10)5-3-7-13-11(9)12/h2-4,6-7H,5H2,1H3. The molecule has 3 heteroatoms. The minimum absolute atomic E-state index is 0.521. The van der Waals surface area contributed by atoms with Crippen molar-refractivity contribution in [3.05, 3.63) is 41.6 Å². The Bertz CT molecular complexity index is 410. The van der Waals surface area contributed by atoms with E-state index in [4.69, 9.17) is 16.3 Å². The number of allylic oxidation sites excluding steroid dienone is 1. The summed E-state index contributed by atoms with van der Waals surface area (Å²) in [5.74, 6) is 0.863. The van der Waals surface area contributed by atoms with Gasteiger partial charge in [-0.15, -0.1) is 0 Å². The average Bonchev–Trinajstić information content (AvgIpc) is 2.41. The minimum atomic E-state index is 0.521. The molecule has 2 rings (SSSR count). The van der Waals surface area contributed by atoms with Crippen molar-refractivity contribution in [1.29, 1.82) is 0 Å². The summed E-state index contributed by atoms with van der Waals surface area (Å²) < 4.78 is 5.27. The molecule has 0 saturated heterocycles. The van der Waals surface area contributed by atoms with E-state index in [1.165, 1.54) is 0 Å². The van der Waals surface area contributed by atoms with Gasteiger partial charge in [-0.1, -0.05) is 29.8 Å².